The normalized spacial score (nSPS) is 11.1. The Morgan fingerprint density at radius 1 is 0.781 bits per heavy atom. The summed E-state index contributed by atoms with van der Waals surface area (Å²) < 4.78 is 38.8. The van der Waals surface area contributed by atoms with Crippen LogP contribution in [-0.4, -0.2) is 27.5 Å². The molecule has 7 heteroatoms. The van der Waals surface area contributed by atoms with E-state index in [0.29, 0.717) is 18.1 Å². The van der Waals surface area contributed by atoms with Crippen molar-refractivity contribution in [2.24, 2.45) is 0 Å². The number of anilines is 1. The fourth-order valence-corrected chi connectivity index (χ4v) is 4.71. The fourth-order valence-electron chi connectivity index (χ4n) is 3.30. The van der Waals surface area contributed by atoms with Gasteiger partial charge < -0.3 is 9.47 Å². The van der Waals surface area contributed by atoms with Gasteiger partial charge >= 0.3 is 0 Å². The van der Waals surface area contributed by atoms with Gasteiger partial charge in [-0.1, -0.05) is 23.8 Å². The van der Waals surface area contributed by atoms with Crippen LogP contribution in [0.1, 0.15) is 23.6 Å². The molecule has 0 spiro atoms. The average molecular weight is 454 g/mol. The van der Waals surface area contributed by atoms with Gasteiger partial charge in [-0.05, 0) is 87.4 Å². The molecule has 0 unspecified atom stereocenters. The molecule has 0 radical (unpaired) electrons. The number of aryl methyl sites for hydroxylation is 3. The van der Waals surface area contributed by atoms with Crippen LogP contribution in [0.5, 0.6) is 11.5 Å². The van der Waals surface area contributed by atoms with Crippen molar-refractivity contribution in [2.45, 2.75) is 32.6 Å². The first-order valence-electron chi connectivity index (χ1n) is 10.3. The summed E-state index contributed by atoms with van der Waals surface area (Å²) in [7, 11) is -4.15. The van der Waals surface area contributed by atoms with Gasteiger partial charge in [0, 0.05) is 0 Å². The summed E-state index contributed by atoms with van der Waals surface area (Å²) in [6.45, 7) is 7.62. The zero-order valence-corrected chi connectivity index (χ0v) is 19.5. The fraction of sp³-hybridized carbons (Fsp3) is 0.240. The number of carbonyl (C=O) groups is 1. The quantitative estimate of drug-likeness (QED) is 0.489. The Balaban J connectivity index is 1.95. The largest absolute Gasteiger partial charge is 0.494 e. The van der Waals surface area contributed by atoms with Gasteiger partial charge in [0.15, 0.2) is 6.61 Å². The number of carbonyl (C=O) groups excluding carboxylic acids is 1. The molecular formula is C25H27NO5S. The molecule has 3 aromatic rings. The minimum atomic E-state index is -4.15. The van der Waals surface area contributed by atoms with E-state index in [1.54, 1.807) is 48.5 Å². The van der Waals surface area contributed by atoms with Gasteiger partial charge in [-0.15, -0.1) is 0 Å². The maximum Gasteiger partial charge on any atom is 0.278 e. The van der Waals surface area contributed by atoms with E-state index in [2.05, 4.69) is 0 Å². The highest BCUT2D eigenvalue weighted by Crippen LogP contribution is 2.27. The van der Waals surface area contributed by atoms with Crippen LogP contribution >= 0.6 is 0 Å². The third-order valence-corrected chi connectivity index (χ3v) is 6.49. The maximum atomic E-state index is 13.4. The summed E-state index contributed by atoms with van der Waals surface area (Å²) >= 11 is 0. The first-order chi connectivity index (χ1) is 15.2. The van der Waals surface area contributed by atoms with Crippen molar-refractivity contribution in [3.8, 4) is 11.5 Å². The van der Waals surface area contributed by atoms with Crippen LogP contribution < -0.4 is 13.8 Å². The van der Waals surface area contributed by atoms with Gasteiger partial charge in [0.25, 0.3) is 15.9 Å². The van der Waals surface area contributed by atoms with Crippen LogP contribution in [-0.2, 0) is 14.8 Å². The molecule has 0 aliphatic heterocycles. The Morgan fingerprint density at radius 2 is 1.38 bits per heavy atom. The molecular weight excluding hydrogens is 426 g/mol. The molecule has 6 nitrogen and oxygen atoms in total. The lowest BCUT2D eigenvalue weighted by molar-refractivity contribution is -0.119. The van der Waals surface area contributed by atoms with Gasteiger partial charge in [-0.2, -0.15) is 4.31 Å². The van der Waals surface area contributed by atoms with Crippen molar-refractivity contribution in [1.82, 2.24) is 0 Å². The molecule has 0 aliphatic rings. The third kappa shape index (κ3) is 5.48. The van der Waals surface area contributed by atoms with Crippen LogP contribution in [0.25, 0.3) is 0 Å². The average Bonchev–Trinajstić information content (AvgIpc) is 2.73. The summed E-state index contributed by atoms with van der Waals surface area (Å²) in [5.41, 5.74) is 3.11. The number of sulfonamides is 1. The standard InChI is InChI=1S/C25H27NO5S/c1-5-30-22-10-8-21(9-11-22)26(32(28,29)24-12-6-18(2)7-13-24)25(27)17-31-23-15-19(3)14-20(4)16-23/h6-16H,5,17H2,1-4H3. The zero-order valence-electron chi connectivity index (χ0n) is 18.7. The molecule has 0 aliphatic carbocycles. The predicted octanol–water partition coefficient (Wildman–Crippen LogP) is 4.81. The highest BCUT2D eigenvalue weighted by Gasteiger charge is 2.31. The van der Waals surface area contributed by atoms with E-state index in [1.165, 1.54) is 12.1 Å². The van der Waals surface area contributed by atoms with E-state index in [1.807, 2.05) is 33.8 Å². The Hall–Kier alpha value is -3.32. The van der Waals surface area contributed by atoms with Crippen LogP contribution in [0.2, 0.25) is 0 Å². The lowest BCUT2D eigenvalue weighted by Crippen LogP contribution is -2.40. The van der Waals surface area contributed by atoms with Crippen LogP contribution in [0.4, 0.5) is 5.69 Å². The van der Waals surface area contributed by atoms with E-state index in [-0.39, 0.29) is 10.6 Å². The first kappa shape index (κ1) is 23.3. The lowest BCUT2D eigenvalue weighted by atomic mass is 10.1. The summed E-state index contributed by atoms with van der Waals surface area (Å²) in [6.07, 6.45) is 0. The molecule has 168 valence electrons. The van der Waals surface area contributed by atoms with Gasteiger partial charge in [-0.25, -0.2) is 8.42 Å². The molecule has 1 amide bonds. The van der Waals surface area contributed by atoms with Gasteiger partial charge in [0.05, 0.1) is 17.2 Å². The smallest absolute Gasteiger partial charge is 0.278 e. The van der Waals surface area contributed by atoms with Gasteiger partial charge in [0.2, 0.25) is 0 Å². The molecule has 0 bridgehead atoms. The number of rotatable bonds is 8. The number of ether oxygens (including phenoxy) is 2. The Kier molecular flexibility index (Phi) is 7.20. The second kappa shape index (κ2) is 9.87. The van der Waals surface area contributed by atoms with Crippen molar-refractivity contribution >= 4 is 21.6 Å². The van der Waals surface area contributed by atoms with E-state index < -0.39 is 22.5 Å². The Labute approximate surface area is 189 Å². The van der Waals surface area contributed by atoms with Gasteiger partial charge in [0.1, 0.15) is 11.5 Å². The lowest BCUT2D eigenvalue weighted by Gasteiger charge is -2.23. The highest BCUT2D eigenvalue weighted by molar-refractivity contribution is 7.93. The predicted molar refractivity (Wildman–Crippen MR) is 125 cm³/mol. The molecule has 0 heterocycles. The van der Waals surface area contributed by atoms with Crippen molar-refractivity contribution in [2.75, 3.05) is 17.5 Å². The van der Waals surface area contributed by atoms with Crippen molar-refractivity contribution in [3.63, 3.8) is 0 Å². The minimum absolute atomic E-state index is 0.0248. The Bertz CT molecular complexity index is 1170. The molecule has 0 atom stereocenters. The van der Waals surface area contributed by atoms with Crippen LogP contribution in [0.3, 0.4) is 0 Å². The SMILES string of the molecule is CCOc1ccc(N(C(=O)COc2cc(C)cc(C)c2)S(=O)(=O)c2ccc(C)cc2)cc1. The number of hydrogen-bond acceptors (Lipinski definition) is 5. The first-order valence-corrected chi connectivity index (χ1v) is 11.7. The number of benzene rings is 3. The van der Waals surface area contributed by atoms with E-state index in [4.69, 9.17) is 9.47 Å². The molecule has 32 heavy (non-hydrogen) atoms. The summed E-state index contributed by atoms with van der Waals surface area (Å²) in [6, 6.07) is 18.3. The van der Waals surface area contributed by atoms with Gasteiger partial charge in [-0.3, -0.25) is 4.79 Å². The monoisotopic (exact) mass is 453 g/mol. The molecule has 0 N–H and O–H groups in total. The highest BCUT2D eigenvalue weighted by atomic mass is 32.2. The third-order valence-electron chi connectivity index (χ3n) is 4.73. The summed E-state index contributed by atoms with van der Waals surface area (Å²) in [5, 5.41) is 0. The minimum Gasteiger partial charge on any atom is -0.494 e. The van der Waals surface area contributed by atoms with E-state index in [0.717, 1.165) is 21.0 Å². The molecule has 0 saturated heterocycles. The van der Waals surface area contributed by atoms with Crippen LogP contribution in [0, 0.1) is 20.8 Å². The zero-order chi connectivity index (χ0) is 23.3. The molecule has 0 saturated carbocycles. The number of amides is 1. The maximum absolute atomic E-state index is 13.4. The van der Waals surface area contributed by atoms with Crippen molar-refractivity contribution in [3.05, 3.63) is 83.4 Å². The number of hydrogen-bond donors (Lipinski definition) is 0. The topological polar surface area (TPSA) is 72.9 Å². The molecule has 0 fully saturated rings. The van der Waals surface area contributed by atoms with Crippen molar-refractivity contribution in [1.29, 1.82) is 0 Å². The van der Waals surface area contributed by atoms with Crippen molar-refractivity contribution < 1.29 is 22.7 Å². The second-order valence-corrected chi connectivity index (χ2v) is 9.30. The molecule has 0 aromatic heterocycles. The summed E-state index contributed by atoms with van der Waals surface area (Å²) in [5.74, 6) is 0.395. The van der Waals surface area contributed by atoms with Crippen LogP contribution in [0.15, 0.2) is 71.6 Å². The number of nitrogens with zero attached hydrogens (tertiary/aromatic N) is 1. The molecule has 3 rings (SSSR count). The summed E-state index contributed by atoms with van der Waals surface area (Å²) in [4.78, 5) is 13.2. The second-order valence-electron chi connectivity index (χ2n) is 7.52. The van der Waals surface area contributed by atoms with E-state index >= 15 is 0 Å². The van der Waals surface area contributed by atoms with E-state index in [9.17, 15) is 13.2 Å². The molecule has 3 aromatic carbocycles. The Morgan fingerprint density at radius 3 is 1.94 bits per heavy atom.